The molecule has 2 nitrogen and oxygen atoms in total. The number of hydrogen-bond acceptors (Lipinski definition) is 3. The zero-order valence-electron chi connectivity index (χ0n) is 9.69. The maximum absolute atomic E-state index is 6.04. The first-order chi connectivity index (χ1) is 8.31. The van der Waals surface area contributed by atoms with Crippen LogP contribution in [0.5, 0.6) is 0 Å². The van der Waals surface area contributed by atoms with E-state index in [0.29, 0.717) is 0 Å². The third-order valence-electron chi connectivity index (χ3n) is 2.52. The Kier molecular flexibility index (Phi) is 4.54. The van der Waals surface area contributed by atoms with Gasteiger partial charge in [0.2, 0.25) is 0 Å². The Morgan fingerprint density at radius 1 is 1.47 bits per heavy atom. The number of rotatable bonds is 5. The van der Waals surface area contributed by atoms with Crippen LogP contribution in [0.25, 0.3) is 0 Å². The normalized spacial score (nSPS) is 12.6. The zero-order chi connectivity index (χ0) is 12.1. The Morgan fingerprint density at radius 2 is 2.35 bits per heavy atom. The van der Waals surface area contributed by atoms with Gasteiger partial charge in [0.1, 0.15) is 0 Å². The topological polar surface area (TPSA) is 24.9 Å². The highest BCUT2D eigenvalue weighted by Crippen LogP contribution is 2.26. The van der Waals surface area contributed by atoms with Gasteiger partial charge >= 0.3 is 0 Å². The summed E-state index contributed by atoms with van der Waals surface area (Å²) in [5.41, 5.74) is 3.05. The minimum absolute atomic E-state index is 0.196. The summed E-state index contributed by atoms with van der Waals surface area (Å²) in [4.78, 5) is 5.37. The molecule has 2 rings (SSSR count). The van der Waals surface area contributed by atoms with Crippen LogP contribution in [0.2, 0.25) is 5.02 Å². The van der Waals surface area contributed by atoms with E-state index < -0.39 is 0 Å². The van der Waals surface area contributed by atoms with Crippen LogP contribution >= 0.6 is 22.9 Å². The van der Waals surface area contributed by atoms with Crippen LogP contribution in [0.15, 0.2) is 36.0 Å². The van der Waals surface area contributed by atoms with Crippen LogP contribution in [0.4, 0.5) is 0 Å². The van der Waals surface area contributed by atoms with Crippen molar-refractivity contribution >= 4 is 22.9 Å². The number of aromatic nitrogens is 1. The van der Waals surface area contributed by atoms with Crippen molar-refractivity contribution in [3.05, 3.63) is 51.4 Å². The van der Waals surface area contributed by atoms with Gasteiger partial charge in [-0.3, -0.25) is 4.98 Å². The van der Waals surface area contributed by atoms with E-state index >= 15 is 0 Å². The average molecular weight is 267 g/mol. The molecule has 0 aliphatic heterocycles. The molecule has 0 saturated heterocycles. The standard InChI is InChI=1S/C13H15ClN2S/c1-2-6-16-13(12-8-15-9-17-12)10-4-3-5-11(14)7-10/h3-5,7-9,13,16H,2,6H2,1H3. The van der Waals surface area contributed by atoms with Crippen LogP contribution in [0.3, 0.4) is 0 Å². The fraction of sp³-hybridized carbons (Fsp3) is 0.308. The Morgan fingerprint density at radius 3 is 3.00 bits per heavy atom. The number of halogens is 1. The largest absolute Gasteiger partial charge is 0.306 e. The van der Waals surface area contributed by atoms with Gasteiger partial charge in [0, 0.05) is 16.1 Å². The molecule has 0 aliphatic rings. The smallest absolute Gasteiger partial charge is 0.0794 e. The number of thiazole rings is 1. The summed E-state index contributed by atoms with van der Waals surface area (Å²) in [6.45, 7) is 3.14. The van der Waals surface area contributed by atoms with E-state index in [4.69, 9.17) is 11.6 Å². The van der Waals surface area contributed by atoms with E-state index in [0.717, 1.165) is 18.0 Å². The molecule has 0 fully saturated rings. The number of benzene rings is 1. The van der Waals surface area contributed by atoms with Crippen molar-refractivity contribution in [2.45, 2.75) is 19.4 Å². The fourth-order valence-corrected chi connectivity index (χ4v) is 2.65. The van der Waals surface area contributed by atoms with E-state index in [-0.39, 0.29) is 6.04 Å². The molecule has 4 heteroatoms. The quantitative estimate of drug-likeness (QED) is 0.888. The highest BCUT2D eigenvalue weighted by Gasteiger charge is 2.14. The second kappa shape index (κ2) is 6.15. The van der Waals surface area contributed by atoms with Crippen molar-refractivity contribution in [1.29, 1.82) is 0 Å². The Hall–Kier alpha value is -0.900. The number of hydrogen-bond donors (Lipinski definition) is 1. The summed E-state index contributed by atoms with van der Waals surface area (Å²) in [6.07, 6.45) is 3.02. The van der Waals surface area contributed by atoms with Crippen LogP contribution in [0, 0.1) is 0 Å². The van der Waals surface area contributed by atoms with Gasteiger partial charge in [-0.05, 0) is 30.7 Å². The molecule has 1 aromatic carbocycles. The van der Waals surface area contributed by atoms with Gasteiger partial charge < -0.3 is 5.32 Å². The molecule has 90 valence electrons. The first-order valence-corrected chi connectivity index (χ1v) is 6.94. The molecule has 2 aromatic rings. The van der Waals surface area contributed by atoms with E-state index in [1.807, 2.05) is 29.9 Å². The first-order valence-electron chi connectivity index (χ1n) is 5.68. The lowest BCUT2D eigenvalue weighted by molar-refractivity contribution is 0.605. The molecule has 1 atom stereocenters. The van der Waals surface area contributed by atoms with Crippen molar-refractivity contribution in [2.75, 3.05) is 6.54 Å². The summed E-state index contributed by atoms with van der Waals surface area (Å²) in [5.74, 6) is 0. The third kappa shape index (κ3) is 3.28. The van der Waals surface area contributed by atoms with Gasteiger partial charge in [0.05, 0.1) is 11.6 Å². The molecule has 0 amide bonds. The molecule has 0 spiro atoms. The molecule has 0 saturated carbocycles. The summed E-state index contributed by atoms with van der Waals surface area (Å²) >= 11 is 7.71. The van der Waals surface area contributed by atoms with Crippen LogP contribution in [-0.2, 0) is 0 Å². The second-order valence-corrected chi connectivity index (χ2v) is 5.20. The van der Waals surface area contributed by atoms with E-state index in [9.17, 15) is 0 Å². The van der Waals surface area contributed by atoms with Crippen molar-refractivity contribution in [1.82, 2.24) is 10.3 Å². The molecule has 1 heterocycles. The SMILES string of the molecule is CCCNC(c1cccc(Cl)c1)c1cncs1. The monoisotopic (exact) mass is 266 g/mol. The summed E-state index contributed by atoms with van der Waals surface area (Å²) in [7, 11) is 0. The van der Waals surface area contributed by atoms with Crippen molar-refractivity contribution in [2.24, 2.45) is 0 Å². The van der Waals surface area contributed by atoms with Gasteiger partial charge in [-0.25, -0.2) is 0 Å². The van der Waals surface area contributed by atoms with Crippen molar-refractivity contribution < 1.29 is 0 Å². The molecule has 0 radical (unpaired) electrons. The van der Waals surface area contributed by atoms with Gasteiger partial charge in [-0.15, -0.1) is 11.3 Å². The Balaban J connectivity index is 2.27. The maximum Gasteiger partial charge on any atom is 0.0794 e. The zero-order valence-corrected chi connectivity index (χ0v) is 11.3. The molecular weight excluding hydrogens is 252 g/mol. The predicted octanol–water partition coefficient (Wildman–Crippen LogP) is 3.89. The van der Waals surface area contributed by atoms with Gasteiger partial charge in [0.25, 0.3) is 0 Å². The first kappa shape index (κ1) is 12.6. The summed E-state index contributed by atoms with van der Waals surface area (Å²) in [6, 6.07) is 8.18. The van der Waals surface area contributed by atoms with Crippen LogP contribution in [-0.4, -0.2) is 11.5 Å². The maximum atomic E-state index is 6.04. The van der Waals surface area contributed by atoms with Gasteiger partial charge in [-0.2, -0.15) is 0 Å². The predicted molar refractivity (Wildman–Crippen MR) is 73.7 cm³/mol. The van der Waals surface area contributed by atoms with E-state index in [1.165, 1.54) is 10.4 Å². The van der Waals surface area contributed by atoms with Crippen LogP contribution in [0.1, 0.15) is 29.8 Å². The summed E-state index contributed by atoms with van der Waals surface area (Å²) in [5, 5.41) is 4.30. The molecule has 0 aliphatic carbocycles. The highest BCUT2D eigenvalue weighted by atomic mass is 35.5. The van der Waals surface area contributed by atoms with Gasteiger partial charge in [-0.1, -0.05) is 30.7 Å². The molecule has 0 bridgehead atoms. The summed E-state index contributed by atoms with van der Waals surface area (Å²) < 4.78 is 0. The molecule has 1 aromatic heterocycles. The Labute approximate surface area is 111 Å². The lowest BCUT2D eigenvalue weighted by atomic mass is 10.1. The molecule has 1 N–H and O–H groups in total. The molecule has 1 unspecified atom stereocenters. The molecule has 17 heavy (non-hydrogen) atoms. The minimum atomic E-state index is 0.196. The van der Waals surface area contributed by atoms with E-state index in [2.05, 4.69) is 23.3 Å². The average Bonchev–Trinajstić information content (AvgIpc) is 2.83. The fourth-order valence-electron chi connectivity index (χ4n) is 1.73. The second-order valence-electron chi connectivity index (χ2n) is 3.85. The van der Waals surface area contributed by atoms with Crippen molar-refractivity contribution in [3.63, 3.8) is 0 Å². The van der Waals surface area contributed by atoms with Crippen LogP contribution < -0.4 is 5.32 Å². The lowest BCUT2D eigenvalue weighted by Gasteiger charge is -2.17. The number of nitrogens with zero attached hydrogens (tertiary/aromatic N) is 1. The minimum Gasteiger partial charge on any atom is -0.306 e. The lowest BCUT2D eigenvalue weighted by Crippen LogP contribution is -2.22. The van der Waals surface area contributed by atoms with Gasteiger partial charge in [0.15, 0.2) is 0 Å². The highest BCUT2D eigenvalue weighted by molar-refractivity contribution is 7.09. The van der Waals surface area contributed by atoms with E-state index in [1.54, 1.807) is 11.3 Å². The third-order valence-corrected chi connectivity index (χ3v) is 3.59. The molecular formula is C13H15ClN2S. The Bertz CT molecular complexity index is 456. The van der Waals surface area contributed by atoms with Crippen molar-refractivity contribution in [3.8, 4) is 0 Å². The number of nitrogens with one attached hydrogen (secondary N) is 1.